The normalized spacial score (nSPS) is 15.9. The van der Waals surface area contributed by atoms with E-state index in [0.717, 1.165) is 12.8 Å². The summed E-state index contributed by atoms with van der Waals surface area (Å²) in [5, 5.41) is 6.61. The third-order valence-electron chi connectivity index (χ3n) is 7.04. The molecule has 0 heterocycles. The van der Waals surface area contributed by atoms with E-state index in [0.29, 0.717) is 25.0 Å². The van der Waals surface area contributed by atoms with Crippen molar-refractivity contribution in [3.8, 4) is 0 Å². The Hall–Kier alpha value is -1.89. The quantitative estimate of drug-likeness (QED) is 0.266. The van der Waals surface area contributed by atoms with Crippen molar-refractivity contribution in [1.29, 1.82) is 0 Å². The summed E-state index contributed by atoms with van der Waals surface area (Å²) in [6.07, 6.45) is 4.72. The second kappa shape index (κ2) is 15.2. The summed E-state index contributed by atoms with van der Waals surface area (Å²) in [6, 6.07) is -0.774. The number of amides is 2. The van der Waals surface area contributed by atoms with Gasteiger partial charge in [-0.3, -0.25) is 9.59 Å². The molecular weight excluding hydrogens is 430 g/mol. The highest BCUT2D eigenvalue weighted by molar-refractivity contribution is 5.92. The highest BCUT2D eigenvalue weighted by atomic mass is 16.5. The number of ether oxygens (including phenoxy) is 1. The number of nitrogens with zero attached hydrogens (tertiary/aromatic N) is 1. The lowest BCUT2D eigenvalue weighted by molar-refractivity contribution is -0.141. The predicted octanol–water partition coefficient (Wildman–Crippen LogP) is 4.46. The number of carbonyl (C=O) groups excluding carboxylic acids is 3. The largest absolute Gasteiger partial charge is 0.463 e. The van der Waals surface area contributed by atoms with Crippen LogP contribution in [-0.2, 0) is 19.1 Å². The second-order valence-electron chi connectivity index (χ2n) is 9.83. The van der Waals surface area contributed by atoms with Crippen LogP contribution in [0.25, 0.3) is 0 Å². The zero-order valence-corrected chi connectivity index (χ0v) is 23.6. The van der Waals surface area contributed by atoms with E-state index in [-0.39, 0.29) is 41.7 Å². The number of likely N-dealkylation sites (N-methyl/N-ethyl adjacent to an activating group) is 1. The van der Waals surface area contributed by atoms with Gasteiger partial charge in [-0.25, -0.2) is 4.79 Å². The van der Waals surface area contributed by atoms with Gasteiger partial charge in [-0.2, -0.15) is 0 Å². The van der Waals surface area contributed by atoms with Crippen molar-refractivity contribution in [2.75, 3.05) is 13.7 Å². The number of rotatable bonds is 15. The average molecular weight is 482 g/mol. The fraction of sp³-hybridized carbons (Fsp3) is 0.815. The maximum absolute atomic E-state index is 13.7. The molecule has 4 atom stereocenters. The molecule has 0 aliphatic rings. The molecule has 0 aliphatic carbocycles. The van der Waals surface area contributed by atoms with Crippen LogP contribution in [0.5, 0.6) is 0 Å². The van der Waals surface area contributed by atoms with Gasteiger partial charge in [-0.1, -0.05) is 61.0 Å². The van der Waals surface area contributed by atoms with Gasteiger partial charge in [0.2, 0.25) is 11.8 Å². The minimum Gasteiger partial charge on any atom is -0.463 e. The molecule has 0 saturated carbocycles. The SMILES string of the molecule is CCOC(=O)C(C)=C[C@H](C(C)C)N(C)C(=O)[C@@H](NC(=O)C(CC)(CC)NC(C)CC)[C@@H](C)CC. The highest BCUT2D eigenvalue weighted by Crippen LogP contribution is 2.22. The van der Waals surface area contributed by atoms with Gasteiger partial charge in [0, 0.05) is 18.7 Å². The van der Waals surface area contributed by atoms with Crippen molar-refractivity contribution < 1.29 is 19.1 Å². The van der Waals surface area contributed by atoms with Gasteiger partial charge in [0.15, 0.2) is 0 Å². The second-order valence-corrected chi connectivity index (χ2v) is 9.83. The van der Waals surface area contributed by atoms with Gasteiger partial charge in [0.05, 0.1) is 18.2 Å². The van der Waals surface area contributed by atoms with Crippen molar-refractivity contribution in [3.63, 3.8) is 0 Å². The number of hydrogen-bond acceptors (Lipinski definition) is 5. The Morgan fingerprint density at radius 1 is 0.971 bits per heavy atom. The average Bonchev–Trinajstić information content (AvgIpc) is 2.82. The van der Waals surface area contributed by atoms with E-state index >= 15 is 0 Å². The molecule has 34 heavy (non-hydrogen) atoms. The van der Waals surface area contributed by atoms with Crippen LogP contribution in [0.4, 0.5) is 0 Å². The molecule has 0 saturated heterocycles. The van der Waals surface area contributed by atoms with E-state index in [1.54, 1.807) is 31.9 Å². The van der Waals surface area contributed by atoms with Gasteiger partial charge < -0.3 is 20.3 Å². The molecule has 0 fully saturated rings. The summed E-state index contributed by atoms with van der Waals surface area (Å²) in [7, 11) is 1.74. The monoisotopic (exact) mass is 481 g/mol. The Morgan fingerprint density at radius 3 is 1.94 bits per heavy atom. The Labute approximate surface area is 208 Å². The van der Waals surface area contributed by atoms with Crippen LogP contribution in [0.1, 0.15) is 94.9 Å². The van der Waals surface area contributed by atoms with Crippen molar-refractivity contribution in [2.45, 2.75) is 119 Å². The molecule has 0 rings (SSSR count). The standard InChI is InChI=1S/C27H51N3O4/c1-12-19(8)23(28-26(33)27(14-3,15-4)29-21(10)13-2)24(31)30(11)22(18(6)7)17-20(9)25(32)34-16-5/h17-19,21-23,29H,12-16H2,1-11H3,(H,28,33)/t19-,21?,22+,23-/m0/s1. The minimum absolute atomic E-state index is 0.0446. The van der Waals surface area contributed by atoms with Gasteiger partial charge in [0.1, 0.15) is 6.04 Å². The first-order valence-corrected chi connectivity index (χ1v) is 13.1. The lowest BCUT2D eigenvalue weighted by atomic mass is 9.88. The number of nitrogens with one attached hydrogen (secondary N) is 2. The zero-order chi connectivity index (χ0) is 26.6. The topological polar surface area (TPSA) is 87.7 Å². The van der Waals surface area contributed by atoms with E-state index in [1.807, 2.05) is 41.5 Å². The lowest BCUT2D eigenvalue weighted by Crippen LogP contribution is -2.63. The maximum atomic E-state index is 13.7. The summed E-state index contributed by atoms with van der Waals surface area (Å²) < 4.78 is 5.11. The van der Waals surface area contributed by atoms with Crippen molar-refractivity contribution in [2.24, 2.45) is 11.8 Å². The van der Waals surface area contributed by atoms with Crippen LogP contribution >= 0.6 is 0 Å². The van der Waals surface area contributed by atoms with E-state index in [9.17, 15) is 14.4 Å². The summed E-state index contributed by atoms with van der Waals surface area (Å²) in [4.78, 5) is 41.1. The first kappa shape index (κ1) is 32.1. The Kier molecular flexibility index (Phi) is 14.3. The molecule has 7 nitrogen and oxygen atoms in total. The fourth-order valence-corrected chi connectivity index (χ4v) is 4.06. The maximum Gasteiger partial charge on any atom is 0.333 e. The fourth-order valence-electron chi connectivity index (χ4n) is 4.06. The molecule has 2 N–H and O–H groups in total. The van der Waals surface area contributed by atoms with E-state index in [1.165, 1.54) is 0 Å². The van der Waals surface area contributed by atoms with E-state index < -0.39 is 11.6 Å². The van der Waals surface area contributed by atoms with E-state index in [4.69, 9.17) is 4.74 Å². The van der Waals surface area contributed by atoms with Gasteiger partial charge >= 0.3 is 5.97 Å². The van der Waals surface area contributed by atoms with Crippen LogP contribution in [-0.4, -0.2) is 60.0 Å². The molecule has 0 bridgehead atoms. The summed E-state index contributed by atoms with van der Waals surface area (Å²) >= 11 is 0. The molecule has 198 valence electrons. The third-order valence-corrected chi connectivity index (χ3v) is 7.04. The first-order chi connectivity index (χ1) is 15.8. The van der Waals surface area contributed by atoms with Gasteiger partial charge in [-0.05, 0) is 51.9 Å². The molecule has 0 spiro atoms. The Bertz CT molecular complexity index is 685. The van der Waals surface area contributed by atoms with Crippen LogP contribution < -0.4 is 10.6 Å². The molecule has 0 aliphatic heterocycles. The number of esters is 1. The predicted molar refractivity (Wildman–Crippen MR) is 139 cm³/mol. The van der Waals surface area contributed by atoms with E-state index in [2.05, 4.69) is 24.5 Å². The number of carbonyl (C=O) groups is 3. The van der Waals surface area contributed by atoms with Crippen molar-refractivity contribution >= 4 is 17.8 Å². The van der Waals surface area contributed by atoms with Crippen molar-refractivity contribution in [3.05, 3.63) is 11.6 Å². The Balaban J connectivity index is 6.02. The lowest BCUT2D eigenvalue weighted by Gasteiger charge is -2.38. The molecule has 2 amide bonds. The minimum atomic E-state index is -0.724. The van der Waals surface area contributed by atoms with Crippen LogP contribution in [0.2, 0.25) is 0 Å². The molecule has 0 radical (unpaired) electrons. The summed E-state index contributed by atoms with van der Waals surface area (Å²) in [5.74, 6) is -0.642. The summed E-state index contributed by atoms with van der Waals surface area (Å²) in [5.41, 5.74) is -0.254. The van der Waals surface area contributed by atoms with Crippen LogP contribution in [0, 0.1) is 11.8 Å². The van der Waals surface area contributed by atoms with Crippen molar-refractivity contribution in [1.82, 2.24) is 15.5 Å². The molecule has 7 heteroatoms. The zero-order valence-electron chi connectivity index (χ0n) is 23.6. The molecular formula is C27H51N3O4. The van der Waals surface area contributed by atoms with Crippen LogP contribution in [0.3, 0.4) is 0 Å². The van der Waals surface area contributed by atoms with Gasteiger partial charge in [0.25, 0.3) is 0 Å². The molecule has 0 aromatic heterocycles. The first-order valence-electron chi connectivity index (χ1n) is 13.1. The Morgan fingerprint density at radius 2 is 1.53 bits per heavy atom. The summed E-state index contributed by atoms with van der Waals surface area (Å²) in [6.45, 7) is 20.0. The van der Waals surface area contributed by atoms with Gasteiger partial charge in [-0.15, -0.1) is 0 Å². The molecule has 0 aromatic carbocycles. The third kappa shape index (κ3) is 8.71. The molecule has 0 aromatic rings. The highest BCUT2D eigenvalue weighted by Gasteiger charge is 2.40. The number of hydrogen-bond donors (Lipinski definition) is 2. The molecule has 1 unspecified atom stereocenters. The van der Waals surface area contributed by atoms with Crippen LogP contribution in [0.15, 0.2) is 11.6 Å². The smallest absolute Gasteiger partial charge is 0.333 e.